The molecule has 6 heteroatoms. The molecule has 0 unspecified atom stereocenters. The van der Waals surface area contributed by atoms with Crippen molar-refractivity contribution in [2.24, 2.45) is 0 Å². The Kier molecular flexibility index (Phi) is 6.81. The van der Waals surface area contributed by atoms with Gasteiger partial charge in [0, 0.05) is 12.7 Å². The van der Waals surface area contributed by atoms with Crippen molar-refractivity contribution in [3.63, 3.8) is 0 Å². The lowest BCUT2D eigenvalue weighted by molar-refractivity contribution is -0.124. The van der Waals surface area contributed by atoms with Gasteiger partial charge in [-0.25, -0.2) is 9.78 Å². The molecule has 0 spiro atoms. The summed E-state index contributed by atoms with van der Waals surface area (Å²) in [6, 6.07) is 13.2. The van der Waals surface area contributed by atoms with Crippen molar-refractivity contribution < 1.29 is 14.3 Å². The minimum Gasteiger partial charge on any atom is -0.452 e. The number of benzene rings is 1. The van der Waals surface area contributed by atoms with Gasteiger partial charge in [0.15, 0.2) is 6.61 Å². The maximum atomic E-state index is 12.0. The summed E-state index contributed by atoms with van der Waals surface area (Å²) in [6.45, 7) is 2.22. The number of carbonyl (C=O) groups is 2. The SMILES string of the molecule is CSc1ncccc1C(=O)OCC(=O)NC[C@H](C)c1ccccc1. The van der Waals surface area contributed by atoms with Gasteiger partial charge in [-0.15, -0.1) is 11.8 Å². The Morgan fingerprint density at radius 1 is 1.21 bits per heavy atom. The van der Waals surface area contributed by atoms with Gasteiger partial charge in [0.1, 0.15) is 5.03 Å². The van der Waals surface area contributed by atoms with Crippen LogP contribution in [0.3, 0.4) is 0 Å². The van der Waals surface area contributed by atoms with Crippen molar-refractivity contribution >= 4 is 23.6 Å². The van der Waals surface area contributed by atoms with Crippen LogP contribution < -0.4 is 5.32 Å². The number of nitrogens with zero attached hydrogens (tertiary/aromatic N) is 1. The zero-order valence-electron chi connectivity index (χ0n) is 13.7. The van der Waals surface area contributed by atoms with Crippen LogP contribution in [0.4, 0.5) is 0 Å². The Morgan fingerprint density at radius 3 is 2.67 bits per heavy atom. The van der Waals surface area contributed by atoms with Gasteiger partial charge >= 0.3 is 5.97 Å². The van der Waals surface area contributed by atoms with Crippen LogP contribution in [0.1, 0.15) is 28.8 Å². The molecule has 126 valence electrons. The summed E-state index contributed by atoms with van der Waals surface area (Å²) in [5.41, 5.74) is 1.52. The number of esters is 1. The van der Waals surface area contributed by atoms with E-state index in [4.69, 9.17) is 4.74 Å². The topological polar surface area (TPSA) is 68.3 Å². The van der Waals surface area contributed by atoms with Crippen LogP contribution >= 0.6 is 11.8 Å². The third kappa shape index (κ3) is 5.09. The molecule has 0 bridgehead atoms. The van der Waals surface area contributed by atoms with Gasteiger partial charge in [-0.2, -0.15) is 0 Å². The number of rotatable bonds is 7. The molecule has 1 aromatic carbocycles. The van der Waals surface area contributed by atoms with Crippen LogP contribution in [-0.2, 0) is 9.53 Å². The van der Waals surface area contributed by atoms with E-state index in [1.54, 1.807) is 18.3 Å². The molecule has 0 saturated carbocycles. The molecule has 2 aromatic rings. The highest BCUT2D eigenvalue weighted by Gasteiger charge is 2.15. The summed E-state index contributed by atoms with van der Waals surface area (Å²) in [5, 5.41) is 3.36. The first-order chi connectivity index (χ1) is 11.6. The van der Waals surface area contributed by atoms with E-state index in [1.165, 1.54) is 11.8 Å². The molecule has 0 saturated heterocycles. The Morgan fingerprint density at radius 2 is 1.96 bits per heavy atom. The van der Waals surface area contributed by atoms with Crippen LogP contribution in [0, 0.1) is 0 Å². The molecule has 0 aliphatic heterocycles. The van der Waals surface area contributed by atoms with Crippen LogP contribution in [0.2, 0.25) is 0 Å². The normalized spacial score (nSPS) is 11.6. The first kappa shape index (κ1) is 18.0. The van der Waals surface area contributed by atoms with E-state index in [0.29, 0.717) is 17.1 Å². The second kappa shape index (κ2) is 9.08. The molecule has 5 nitrogen and oxygen atoms in total. The molecule has 0 aliphatic rings. The molecule has 0 radical (unpaired) electrons. The van der Waals surface area contributed by atoms with Crippen LogP contribution in [0.15, 0.2) is 53.7 Å². The predicted molar refractivity (Wildman–Crippen MR) is 94.2 cm³/mol. The quantitative estimate of drug-likeness (QED) is 0.618. The third-order valence-electron chi connectivity index (χ3n) is 3.49. The molecule has 1 aromatic heterocycles. The van der Waals surface area contributed by atoms with Crippen molar-refractivity contribution in [1.82, 2.24) is 10.3 Å². The molecule has 24 heavy (non-hydrogen) atoms. The van der Waals surface area contributed by atoms with Crippen molar-refractivity contribution in [3.8, 4) is 0 Å². The fraction of sp³-hybridized carbons (Fsp3) is 0.278. The Bertz CT molecular complexity index is 692. The molecule has 1 N–H and O–H groups in total. The average molecular weight is 344 g/mol. The highest BCUT2D eigenvalue weighted by atomic mass is 32.2. The highest BCUT2D eigenvalue weighted by Crippen LogP contribution is 2.17. The first-order valence-electron chi connectivity index (χ1n) is 7.59. The minimum atomic E-state index is -0.543. The number of ether oxygens (including phenoxy) is 1. The number of pyridine rings is 1. The van der Waals surface area contributed by atoms with Crippen LogP contribution in [0.5, 0.6) is 0 Å². The summed E-state index contributed by atoms with van der Waals surface area (Å²) in [6.07, 6.45) is 3.44. The zero-order chi connectivity index (χ0) is 17.4. The summed E-state index contributed by atoms with van der Waals surface area (Å²) in [7, 11) is 0. The highest BCUT2D eigenvalue weighted by molar-refractivity contribution is 7.98. The summed E-state index contributed by atoms with van der Waals surface area (Å²) < 4.78 is 5.07. The van der Waals surface area contributed by atoms with E-state index >= 15 is 0 Å². The maximum Gasteiger partial charge on any atom is 0.341 e. The van der Waals surface area contributed by atoms with E-state index in [1.807, 2.05) is 43.5 Å². The van der Waals surface area contributed by atoms with Crippen molar-refractivity contribution in [2.45, 2.75) is 17.9 Å². The van der Waals surface area contributed by atoms with Crippen molar-refractivity contribution in [1.29, 1.82) is 0 Å². The van der Waals surface area contributed by atoms with Crippen molar-refractivity contribution in [3.05, 3.63) is 59.8 Å². The van der Waals surface area contributed by atoms with Gasteiger partial charge in [-0.05, 0) is 29.9 Å². The third-order valence-corrected chi connectivity index (χ3v) is 4.20. The second-order valence-corrected chi connectivity index (χ2v) is 6.05. The van der Waals surface area contributed by atoms with Crippen LogP contribution in [-0.4, -0.2) is 36.3 Å². The monoisotopic (exact) mass is 344 g/mol. The smallest absolute Gasteiger partial charge is 0.341 e. The summed E-state index contributed by atoms with van der Waals surface area (Å²) >= 11 is 1.36. The van der Waals surface area contributed by atoms with Gasteiger partial charge in [-0.1, -0.05) is 37.3 Å². The number of carbonyl (C=O) groups excluding carboxylic acids is 2. The molecule has 1 amide bonds. The molecule has 0 aliphatic carbocycles. The lowest BCUT2D eigenvalue weighted by Crippen LogP contribution is -2.31. The molecular weight excluding hydrogens is 324 g/mol. The lowest BCUT2D eigenvalue weighted by Gasteiger charge is -2.13. The first-order valence-corrected chi connectivity index (χ1v) is 8.82. The number of amides is 1. The Labute approximate surface area is 145 Å². The number of aromatic nitrogens is 1. The van der Waals surface area contributed by atoms with Gasteiger partial charge in [0.2, 0.25) is 0 Å². The minimum absolute atomic E-state index is 0.187. The largest absolute Gasteiger partial charge is 0.452 e. The van der Waals surface area contributed by atoms with Gasteiger partial charge in [-0.3, -0.25) is 4.79 Å². The fourth-order valence-corrected chi connectivity index (χ4v) is 2.67. The fourth-order valence-electron chi connectivity index (χ4n) is 2.14. The lowest BCUT2D eigenvalue weighted by atomic mass is 10.0. The number of thioether (sulfide) groups is 1. The Balaban J connectivity index is 1.80. The number of nitrogens with one attached hydrogen (secondary N) is 1. The summed E-state index contributed by atoms with van der Waals surface area (Å²) in [4.78, 5) is 28.0. The van der Waals surface area contributed by atoms with Gasteiger partial charge < -0.3 is 10.1 Å². The maximum absolute atomic E-state index is 12.0. The second-order valence-electron chi connectivity index (χ2n) is 5.25. The standard InChI is InChI=1S/C18H20N2O3S/c1-13(14-7-4-3-5-8-14)11-20-16(21)12-23-18(22)15-9-6-10-19-17(15)24-2/h3-10,13H,11-12H2,1-2H3,(H,20,21)/t13-/m0/s1. The Hall–Kier alpha value is -2.34. The average Bonchev–Trinajstić information content (AvgIpc) is 2.64. The van der Waals surface area contributed by atoms with E-state index in [2.05, 4.69) is 10.3 Å². The van der Waals surface area contributed by atoms with E-state index in [0.717, 1.165) is 5.56 Å². The van der Waals surface area contributed by atoms with Crippen LogP contribution in [0.25, 0.3) is 0 Å². The molecular formula is C18H20N2O3S. The molecule has 2 rings (SSSR count). The molecule has 0 fully saturated rings. The number of hydrogen-bond acceptors (Lipinski definition) is 5. The summed E-state index contributed by atoms with van der Waals surface area (Å²) in [5.74, 6) is -0.674. The molecule has 1 atom stereocenters. The molecule has 1 heterocycles. The zero-order valence-corrected chi connectivity index (χ0v) is 14.5. The van der Waals surface area contributed by atoms with E-state index < -0.39 is 5.97 Å². The predicted octanol–water partition coefficient (Wildman–Crippen LogP) is 2.88. The number of hydrogen-bond donors (Lipinski definition) is 1. The van der Waals surface area contributed by atoms with Gasteiger partial charge in [0.25, 0.3) is 5.91 Å². The van der Waals surface area contributed by atoms with Crippen molar-refractivity contribution in [2.75, 3.05) is 19.4 Å². The van der Waals surface area contributed by atoms with E-state index in [-0.39, 0.29) is 18.4 Å². The van der Waals surface area contributed by atoms with Gasteiger partial charge in [0.05, 0.1) is 5.56 Å². The van der Waals surface area contributed by atoms with E-state index in [9.17, 15) is 9.59 Å².